The predicted molar refractivity (Wildman–Crippen MR) is 83.3 cm³/mol. The first kappa shape index (κ1) is 17.9. The minimum absolute atomic E-state index is 0.0655. The summed E-state index contributed by atoms with van der Waals surface area (Å²) in [5.74, 6) is -0.396. The molecule has 0 unspecified atom stereocenters. The summed E-state index contributed by atoms with van der Waals surface area (Å²) >= 11 is 3.18. The second-order valence-electron chi connectivity index (χ2n) is 4.29. The van der Waals surface area contributed by atoms with Gasteiger partial charge >= 0.3 is 0 Å². The molecule has 0 saturated heterocycles. The molecular weight excluding hydrogens is 362 g/mol. The van der Waals surface area contributed by atoms with Gasteiger partial charge in [-0.15, -0.1) is 0 Å². The molecule has 1 aromatic carbocycles. The molecule has 0 aliphatic carbocycles. The maximum atomic E-state index is 12.3. The molecule has 1 rings (SSSR count). The lowest BCUT2D eigenvalue weighted by Gasteiger charge is -2.17. The Hall–Kier alpha value is -1.16. The van der Waals surface area contributed by atoms with E-state index in [2.05, 4.69) is 21.2 Å². The summed E-state index contributed by atoms with van der Waals surface area (Å²) in [4.78, 5) is 11.7. The zero-order valence-corrected chi connectivity index (χ0v) is 14.2. The van der Waals surface area contributed by atoms with Gasteiger partial charge in [0, 0.05) is 30.9 Å². The number of nitrogen functional groups attached to an aromatic ring is 1. The molecule has 1 aromatic rings. The van der Waals surface area contributed by atoms with Crippen LogP contribution in [0, 0.1) is 0 Å². The molecule has 7 nitrogen and oxygen atoms in total. The third-order valence-electron chi connectivity index (χ3n) is 2.67. The van der Waals surface area contributed by atoms with Crippen LogP contribution in [-0.4, -0.2) is 52.5 Å². The van der Waals surface area contributed by atoms with Crippen LogP contribution >= 0.6 is 15.9 Å². The lowest BCUT2D eigenvalue weighted by Crippen LogP contribution is -2.39. The molecule has 0 aliphatic rings. The van der Waals surface area contributed by atoms with Crippen LogP contribution in [0.25, 0.3) is 0 Å². The molecule has 1 amide bonds. The highest BCUT2D eigenvalue weighted by Crippen LogP contribution is 2.24. The van der Waals surface area contributed by atoms with Gasteiger partial charge in [-0.3, -0.25) is 4.79 Å². The lowest BCUT2D eigenvalue weighted by atomic mass is 10.3. The van der Waals surface area contributed by atoms with E-state index in [-0.39, 0.29) is 11.4 Å². The van der Waals surface area contributed by atoms with Gasteiger partial charge in [0.05, 0.1) is 18.0 Å². The van der Waals surface area contributed by atoms with Crippen molar-refractivity contribution in [3.63, 3.8) is 0 Å². The average molecular weight is 380 g/mol. The number of nitrogens with one attached hydrogen (secondary N) is 1. The fraction of sp³-hybridized carbons (Fsp3) is 0.417. The number of hydrogen-bond donors (Lipinski definition) is 2. The number of methoxy groups -OCH3 is 1. The summed E-state index contributed by atoms with van der Waals surface area (Å²) in [6, 6.07) is 4.29. The van der Waals surface area contributed by atoms with Crippen molar-refractivity contribution in [1.82, 2.24) is 9.62 Å². The number of rotatable bonds is 7. The van der Waals surface area contributed by atoms with Crippen molar-refractivity contribution < 1.29 is 17.9 Å². The second-order valence-corrected chi connectivity index (χ2v) is 7.19. The van der Waals surface area contributed by atoms with E-state index in [9.17, 15) is 13.2 Å². The van der Waals surface area contributed by atoms with E-state index in [1.165, 1.54) is 32.4 Å². The number of halogens is 1. The molecule has 0 saturated carbocycles. The normalized spacial score (nSPS) is 11.6. The minimum atomic E-state index is -3.75. The van der Waals surface area contributed by atoms with Gasteiger partial charge in [-0.1, -0.05) is 0 Å². The van der Waals surface area contributed by atoms with E-state index in [0.717, 1.165) is 4.31 Å². The largest absolute Gasteiger partial charge is 0.398 e. The minimum Gasteiger partial charge on any atom is -0.398 e. The summed E-state index contributed by atoms with van der Waals surface area (Å²) in [5.41, 5.74) is 6.06. The zero-order valence-electron chi connectivity index (χ0n) is 11.8. The third-order valence-corrected chi connectivity index (χ3v) is 5.16. The van der Waals surface area contributed by atoms with Gasteiger partial charge in [0.25, 0.3) is 0 Å². The van der Waals surface area contributed by atoms with E-state index in [4.69, 9.17) is 10.5 Å². The Morgan fingerprint density at radius 3 is 2.71 bits per heavy atom. The number of amides is 1. The van der Waals surface area contributed by atoms with Gasteiger partial charge < -0.3 is 15.8 Å². The Morgan fingerprint density at radius 1 is 1.48 bits per heavy atom. The number of ether oxygens (including phenoxy) is 1. The summed E-state index contributed by atoms with van der Waals surface area (Å²) in [7, 11) is -0.890. The molecule has 9 heteroatoms. The molecule has 0 aliphatic heterocycles. The van der Waals surface area contributed by atoms with Crippen LogP contribution < -0.4 is 11.1 Å². The first-order valence-electron chi connectivity index (χ1n) is 6.06. The Balaban J connectivity index is 2.77. The quantitative estimate of drug-likeness (QED) is 0.527. The number of nitrogens with two attached hydrogens (primary N) is 1. The van der Waals surface area contributed by atoms with Crippen LogP contribution in [0.3, 0.4) is 0 Å². The second kappa shape index (κ2) is 7.74. The Bertz CT molecular complexity index is 607. The van der Waals surface area contributed by atoms with Crippen molar-refractivity contribution >= 4 is 37.5 Å². The maximum absolute atomic E-state index is 12.3. The van der Waals surface area contributed by atoms with Crippen LogP contribution in [0.1, 0.15) is 0 Å². The smallest absolute Gasteiger partial charge is 0.243 e. The highest BCUT2D eigenvalue weighted by atomic mass is 79.9. The zero-order chi connectivity index (χ0) is 16.0. The molecule has 0 spiro atoms. The molecule has 0 bridgehead atoms. The van der Waals surface area contributed by atoms with E-state index < -0.39 is 15.9 Å². The highest BCUT2D eigenvalue weighted by Gasteiger charge is 2.23. The number of hydrogen-bond acceptors (Lipinski definition) is 5. The molecule has 0 radical (unpaired) electrons. The van der Waals surface area contributed by atoms with Crippen LogP contribution in [-0.2, 0) is 19.6 Å². The van der Waals surface area contributed by atoms with Gasteiger partial charge in [0.1, 0.15) is 0 Å². The van der Waals surface area contributed by atoms with Gasteiger partial charge in [-0.2, -0.15) is 4.31 Å². The molecule has 0 fully saturated rings. The Morgan fingerprint density at radius 2 is 2.14 bits per heavy atom. The number of carbonyl (C=O) groups is 1. The molecule has 118 valence electrons. The first-order chi connectivity index (χ1) is 9.78. The van der Waals surface area contributed by atoms with Crippen molar-refractivity contribution in [3.8, 4) is 0 Å². The fourth-order valence-electron chi connectivity index (χ4n) is 1.48. The number of sulfonamides is 1. The number of nitrogens with zero attached hydrogens (tertiary/aromatic N) is 1. The van der Waals surface area contributed by atoms with E-state index in [1.807, 2.05) is 0 Å². The van der Waals surface area contributed by atoms with Gasteiger partial charge in [-0.05, 0) is 34.1 Å². The average Bonchev–Trinajstić information content (AvgIpc) is 2.41. The first-order valence-corrected chi connectivity index (χ1v) is 8.29. The van der Waals surface area contributed by atoms with Crippen LogP contribution in [0.4, 0.5) is 5.69 Å². The summed E-state index contributed by atoms with van der Waals surface area (Å²) < 4.78 is 30.9. The van der Waals surface area contributed by atoms with Gasteiger partial charge in [0.2, 0.25) is 15.9 Å². The molecule has 0 heterocycles. The van der Waals surface area contributed by atoms with Crippen LogP contribution in [0.2, 0.25) is 0 Å². The predicted octanol–water partition coefficient (Wildman–Crippen LogP) is 0.414. The Kier molecular flexibility index (Phi) is 6.59. The Labute approximate surface area is 132 Å². The maximum Gasteiger partial charge on any atom is 0.243 e. The SMILES string of the molecule is COCCNC(=O)CN(C)S(=O)(=O)c1ccc(N)c(Br)c1. The number of likely N-dealkylation sites (N-methyl/N-ethyl adjacent to an activating group) is 1. The van der Waals surface area contributed by atoms with Crippen molar-refractivity contribution in [2.75, 3.05) is 39.6 Å². The lowest BCUT2D eigenvalue weighted by molar-refractivity contribution is -0.121. The number of carbonyl (C=O) groups excluding carboxylic acids is 1. The van der Waals surface area contributed by atoms with E-state index >= 15 is 0 Å². The number of benzene rings is 1. The topological polar surface area (TPSA) is 102 Å². The van der Waals surface area contributed by atoms with Crippen molar-refractivity contribution in [1.29, 1.82) is 0 Å². The molecule has 21 heavy (non-hydrogen) atoms. The summed E-state index contributed by atoms with van der Waals surface area (Å²) in [6.07, 6.45) is 0. The van der Waals surface area contributed by atoms with E-state index in [0.29, 0.717) is 23.3 Å². The summed E-state index contributed by atoms with van der Waals surface area (Å²) in [5, 5.41) is 2.56. The van der Waals surface area contributed by atoms with Crippen molar-refractivity contribution in [3.05, 3.63) is 22.7 Å². The molecule has 0 atom stereocenters. The standard InChI is InChI=1S/C12H18BrN3O4S/c1-16(8-12(17)15-5-6-20-2)21(18,19)9-3-4-11(14)10(13)7-9/h3-4,7H,5-6,8,14H2,1-2H3,(H,15,17). The third kappa shape index (κ3) is 4.95. The molecular formula is C12H18BrN3O4S. The number of anilines is 1. The van der Waals surface area contributed by atoms with Crippen LogP contribution in [0.5, 0.6) is 0 Å². The van der Waals surface area contributed by atoms with Crippen LogP contribution in [0.15, 0.2) is 27.6 Å². The van der Waals surface area contributed by atoms with Crippen molar-refractivity contribution in [2.45, 2.75) is 4.90 Å². The highest BCUT2D eigenvalue weighted by molar-refractivity contribution is 9.10. The molecule has 3 N–H and O–H groups in total. The monoisotopic (exact) mass is 379 g/mol. The molecule has 0 aromatic heterocycles. The van der Waals surface area contributed by atoms with Gasteiger partial charge in [-0.25, -0.2) is 8.42 Å². The van der Waals surface area contributed by atoms with E-state index in [1.54, 1.807) is 0 Å². The fourth-order valence-corrected chi connectivity index (χ4v) is 3.17. The summed E-state index contributed by atoms with van der Waals surface area (Å²) in [6.45, 7) is 0.428. The van der Waals surface area contributed by atoms with Crippen molar-refractivity contribution in [2.24, 2.45) is 0 Å². The van der Waals surface area contributed by atoms with Gasteiger partial charge in [0.15, 0.2) is 0 Å².